The third-order valence-corrected chi connectivity index (χ3v) is 3.71. The highest BCUT2D eigenvalue weighted by molar-refractivity contribution is 6.31. The molecule has 0 spiro atoms. The summed E-state index contributed by atoms with van der Waals surface area (Å²) in [4.78, 5) is 2.19. The minimum absolute atomic E-state index is 0.203. The van der Waals surface area contributed by atoms with Crippen LogP contribution in [0, 0.1) is 5.82 Å². The van der Waals surface area contributed by atoms with E-state index in [-0.39, 0.29) is 11.9 Å². The minimum atomic E-state index is -0.203. The predicted molar refractivity (Wildman–Crippen MR) is 77.7 cm³/mol. The van der Waals surface area contributed by atoms with Crippen molar-refractivity contribution in [2.75, 3.05) is 7.05 Å². The summed E-state index contributed by atoms with van der Waals surface area (Å²) in [5, 5.41) is 0.779. The zero-order valence-corrected chi connectivity index (χ0v) is 11.9. The Balaban J connectivity index is 2.09. The summed E-state index contributed by atoms with van der Waals surface area (Å²) in [6, 6.07) is 14.7. The van der Waals surface area contributed by atoms with Gasteiger partial charge in [-0.2, -0.15) is 0 Å². The zero-order valence-electron chi connectivity index (χ0n) is 11.1. The van der Waals surface area contributed by atoms with Crippen molar-refractivity contribution in [3.05, 3.63) is 70.5 Å². The third kappa shape index (κ3) is 3.55. The Hall–Kier alpha value is -1.38. The fourth-order valence-electron chi connectivity index (χ4n) is 2.07. The van der Waals surface area contributed by atoms with Gasteiger partial charge >= 0.3 is 0 Å². The molecule has 2 aromatic carbocycles. The number of rotatable bonds is 4. The lowest BCUT2D eigenvalue weighted by molar-refractivity contribution is 0.253. The van der Waals surface area contributed by atoms with Gasteiger partial charge in [0.2, 0.25) is 0 Å². The minimum Gasteiger partial charge on any atom is -0.295 e. The van der Waals surface area contributed by atoms with Gasteiger partial charge in [0.25, 0.3) is 0 Å². The molecule has 1 atom stereocenters. The summed E-state index contributed by atoms with van der Waals surface area (Å²) in [5.41, 5.74) is 2.19. The first-order chi connectivity index (χ1) is 9.08. The highest BCUT2D eigenvalue weighted by Gasteiger charge is 2.14. The molecule has 0 bridgehead atoms. The Morgan fingerprint density at radius 2 is 1.74 bits per heavy atom. The average molecular weight is 278 g/mol. The van der Waals surface area contributed by atoms with Gasteiger partial charge in [0, 0.05) is 17.6 Å². The molecule has 0 aromatic heterocycles. The number of benzene rings is 2. The van der Waals surface area contributed by atoms with Crippen LogP contribution in [0.5, 0.6) is 0 Å². The molecule has 19 heavy (non-hydrogen) atoms. The first kappa shape index (κ1) is 14.0. The van der Waals surface area contributed by atoms with Crippen molar-refractivity contribution < 1.29 is 4.39 Å². The van der Waals surface area contributed by atoms with Gasteiger partial charge in [-0.15, -0.1) is 0 Å². The summed E-state index contributed by atoms with van der Waals surface area (Å²) in [6.45, 7) is 2.87. The fraction of sp³-hybridized carbons (Fsp3) is 0.250. The molecule has 0 saturated carbocycles. The SMILES string of the molecule is CC(c1ccccc1Cl)N(C)Cc1ccc(F)cc1. The van der Waals surface area contributed by atoms with Crippen LogP contribution in [0.4, 0.5) is 4.39 Å². The second kappa shape index (κ2) is 6.18. The van der Waals surface area contributed by atoms with Gasteiger partial charge in [0.05, 0.1) is 0 Å². The average Bonchev–Trinajstić information content (AvgIpc) is 2.41. The maximum absolute atomic E-state index is 12.9. The van der Waals surface area contributed by atoms with E-state index < -0.39 is 0 Å². The van der Waals surface area contributed by atoms with E-state index in [1.165, 1.54) is 12.1 Å². The van der Waals surface area contributed by atoms with Crippen LogP contribution in [-0.4, -0.2) is 11.9 Å². The summed E-state index contributed by atoms with van der Waals surface area (Å²) in [7, 11) is 2.04. The van der Waals surface area contributed by atoms with E-state index in [1.54, 1.807) is 0 Å². The van der Waals surface area contributed by atoms with Gasteiger partial charge < -0.3 is 0 Å². The van der Waals surface area contributed by atoms with Gasteiger partial charge in [-0.05, 0) is 43.3 Å². The van der Waals surface area contributed by atoms with Crippen LogP contribution in [0.1, 0.15) is 24.1 Å². The molecule has 100 valence electrons. The molecule has 0 radical (unpaired) electrons. The second-order valence-corrected chi connectivity index (χ2v) is 5.15. The van der Waals surface area contributed by atoms with Crippen molar-refractivity contribution in [2.45, 2.75) is 19.5 Å². The first-order valence-electron chi connectivity index (χ1n) is 6.27. The molecule has 0 saturated heterocycles. The summed E-state index contributed by atoms with van der Waals surface area (Å²) in [5.74, 6) is -0.203. The van der Waals surface area contributed by atoms with Gasteiger partial charge in [0.1, 0.15) is 5.82 Å². The molecular weight excluding hydrogens is 261 g/mol. The van der Waals surface area contributed by atoms with E-state index in [1.807, 2.05) is 43.4 Å². The van der Waals surface area contributed by atoms with Crippen LogP contribution in [0.25, 0.3) is 0 Å². The lowest BCUT2D eigenvalue weighted by Crippen LogP contribution is -2.22. The van der Waals surface area contributed by atoms with E-state index in [4.69, 9.17) is 11.6 Å². The summed E-state index contributed by atoms with van der Waals surface area (Å²) >= 11 is 6.21. The van der Waals surface area contributed by atoms with Crippen LogP contribution < -0.4 is 0 Å². The Kier molecular flexibility index (Phi) is 4.56. The van der Waals surface area contributed by atoms with Gasteiger partial charge in [-0.1, -0.05) is 41.9 Å². The molecule has 0 heterocycles. The van der Waals surface area contributed by atoms with Crippen LogP contribution in [0.2, 0.25) is 5.02 Å². The Bertz CT molecular complexity index is 539. The molecule has 0 N–H and O–H groups in total. The molecule has 1 unspecified atom stereocenters. The molecular formula is C16H17ClFN. The maximum atomic E-state index is 12.9. The molecule has 0 aliphatic carbocycles. The van der Waals surface area contributed by atoms with Crippen molar-refractivity contribution in [1.29, 1.82) is 0 Å². The Labute approximate surface area is 118 Å². The smallest absolute Gasteiger partial charge is 0.123 e. The van der Waals surface area contributed by atoms with Crippen molar-refractivity contribution >= 4 is 11.6 Å². The van der Waals surface area contributed by atoms with Crippen LogP contribution in [0.3, 0.4) is 0 Å². The standard InChI is InChI=1S/C16H17ClFN/c1-12(15-5-3-4-6-16(15)17)19(2)11-13-7-9-14(18)10-8-13/h3-10,12H,11H2,1-2H3. The molecule has 1 nitrogen and oxygen atoms in total. The van der Waals surface area contributed by atoms with E-state index >= 15 is 0 Å². The van der Waals surface area contributed by atoms with Crippen LogP contribution >= 0.6 is 11.6 Å². The van der Waals surface area contributed by atoms with Crippen molar-refractivity contribution in [1.82, 2.24) is 4.90 Å². The lowest BCUT2D eigenvalue weighted by atomic mass is 10.1. The Morgan fingerprint density at radius 3 is 2.37 bits per heavy atom. The van der Waals surface area contributed by atoms with Crippen molar-refractivity contribution in [3.8, 4) is 0 Å². The second-order valence-electron chi connectivity index (χ2n) is 4.74. The topological polar surface area (TPSA) is 3.24 Å². The summed E-state index contributed by atoms with van der Waals surface area (Å²) in [6.07, 6.45) is 0. The maximum Gasteiger partial charge on any atom is 0.123 e. The van der Waals surface area contributed by atoms with E-state index in [0.717, 1.165) is 22.7 Å². The molecule has 0 amide bonds. The molecule has 0 aliphatic rings. The highest BCUT2D eigenvalue weighted by atomic mass is 35.5. The number of hydrogen-bond donors (Lipinski definition) is 0. The molecule has 2 aromatic rings. The van der Waals surface area contributed by atoms with E-state index in [9.17, 15) is 4.39 Å². The highest BCUT2D eigenvalue weighted by Crippen LogP contribution is 2.27. The van der Waals surface area contributed by atoms with Crippen molar-refractivity contribution in [3.63, 3.8) is 0 Å². The first-order valence-corrected chi connectivity index (χ1v) is 6.65. The molecule has 0 aliphatic heterocycles. The van der Waals surface area contributed by atoms with E-state index in [0.29, 0.717) is 0 Å². The summed E-state index contributed by atoms with van der Waals surface area (Å²) < 4.78 is 12.9. The van der Waals surface area contributed by atoms with Gasteiger partial charge in [-0.25, -0.2) is 4.39 Å². The van der Waals surface area contributed by atoms with Gasteiger partial charge in [-0.3, -0.25) is 4.90 Å². The van der Waals surface area contributed by atoms with Crippen LogP contribution in [0.15, 0.2) is 48.5 Å². The lowest BCUT2D eigenvalue weighted by Gasteiger charge is -2.25. The number of nitrogens with zero attached hydrogens (tertiary/aromatic N) is 1. The van der Waals surface area contributed by atoms with E-state index in [2.05, 4.69) is 11.8 Å². The number of hydrogen-bond acceptors (Lipinski definition) is 1. The normalized spacial score (nSPS) is 12.7. The number of halogens is 2. The van der Waals surface area contributed by atoms with Gasteiger partial charge in [0.15, 0.2) is 0 Å². The largest absolute Gasteiger partial charge is 0.295 e. The monoisotopic (exact) mass is 277 g/mol. The molecule has 0 fully saturated rings. The third-order valence-electron chi connectivity index (χ3n) is 3.36. The van der Waals surface area contributed by atoms with Crippen molar-refractivity contribution in [2.24, 2.45) is 0 Å². The zero-order chi connectivity index (χ0) is 13.8. The Morgan fingerprint density at radius 1 is 1.11 bits per heavy atom. The predicted octanol–water partition coefficient (Wildman–Crippen LogP) is 4.67. The fourth-order valence-corrected chi connectivity index (χ4v) is 2.36. The quantitative estimate of drug-likeness (QED) is 0.785. The molecule has 2 rings (SSSR count). The molecule has 3 heteroatoms. The van der Waals surface area contributed by atoms with Crippen LogP contribution in [-0.2, 0) is 6.54 Å².